The van der Waals surface area contributed by atoms with Gasteiger partial charge in [0, 0.05) is 16.8 Å². The van der Waals surface area contributed by atoms with Gasteiger partial charge in [0.25, 0.3) is 5.69 Å². The number of hydrogen-bond acceptors (Lipinski definition) is 7. The molecule has 4 aromatic rings. The van der Waals surface area contributed by atoms with Crippen LogP contribution < -0.4 is 0 Å². The average Bonchev–Trinajstić information content (AvgIpc) is 2.73. The zero-order valence-corrected chi connectivity index (χ0v) is 14.7. The molecule has 0 atom stereocenters. The SMILES string of the molecule is O=[N+]([O-])c1ccc(N=Nc2c(O)c3ccccc3c3ccccc23)c([N+](=O)[O-])c1. The molecule has 9 heteroatoms. The van der Waals surface area contributed by atoms with Crippen LogP contribution in [0.3, 0.4) is 0 Å². The van der Waals surface area contributed by atoms with Crippen molar-refractivity contribution in [3.8, 4) is 5.75 Å². The fourth-order valence-corrected chi connectivity index (χ4v) is 3.17. The number of phenols is 1. The molecule has 9 nitrogen and oxygen atoms in total. The van der Waals surface area contributed by atoms with Crippen LogP contribution in [-0.2, 0) is 0 Å². The van der Waals surface area contributed by atoms with Crippen LogP contribution in [0.15, 0.2) is 77.0 Å². The maximum absolute atomic E-state index is 11.3. The second-order valence-corrected chi connectivity index (χ2v) is 6.18. The number of benzene rings is 4. The molecular weight excluding hydrogens is 376 g/mol. The smallest absolute Gasteiger partial charge is 0.303 e. The predicted octanol–water partition coefficient (Wildman–Crippen LogP) is 5.93. The standard InChI is InChI=1S/C20H12N4O5/c25-20-16-8-4-2-6-14(16)13-5-1-3-7-15(13)19(20)22-21-17-10-9-12(23(26)27)11-18(17)24(28)29/h1-11,25H. The van der Waals surface area contributed by atoms with E-state index in [1.54, 1.807) is 24.3 Å². The third kappa shape index (κ3) is 3.10. The molecule has 0 radical (unpaired) electrons. The summed E-state index contributed by atoms with van der Waals surface area (Å²) in [6.45, 7) is 0. The maximum Gasteiger partial charge on any atom is 0.303 e. The number of aromatic hydroxyl groups is 1. The van der Waals surface area contributed by atoms with Gasteiger partial charge in [0.1, 0.15) is 5.69 Å². The summed E-state index contributed by atoms with van der Waals surface area (Å²) in [6.07, 6.45) is 0. The highest BCUT2D eigenvalue weighted by Gasteiger charge is 2.20. The highest BCUT2D eigenvalue weighted by Crippen LogP contribution is 2.43. The molecule has 0 heterocycles. The Bertz CT molecular complexity index is 1330. The van der Waals surface area contributed by atoms with Gasteiger partial charge >= 0.3 is 5.69 Å². The third-order valence-corrected chi connectivity index (χ3v) is 4.50. The number of hydrogen-bond donors (Lipinski definition) is 1. The molecule has 29 heavy (non-hydrogen) atoms. The Kier molecular flexibility index (Phi) is 4.32. The Balaban J connectivity index is 1.93. The molecule has 142 valence electrons. The Hall–Kier alpha value is -4.40. The van der Waals surface area contributed by atoms with Crippen LogP contribution in [-0.4, -0.2) is 15.0 Å². The molecule has 4 rings (SSSR count). The summed E-state index contributed by atoms with van der Waals surface area (Å²) in [5.74, 6) is -0.104. The summed E-state index contributed by atoms with van der Waals surface area (Å²) >= 11 is 0. The average molecular weight is 388 g/mol. The Morgan fingerprint density at radius 1 is 0.724 bits per heavy atom. The number of phenolic OH excluding ortho intramolecular Hbond substituents is 1. The molecule has 0 spiro atoms. The van der Waals surface area contributed by atoms with Crippen molar-refractivity contribution >= 4 is 44.3 Å². The summed E-state index contributed by atoms with van der Waals surface area (Å²) in [6, 6.07) is 17.6. The van der Waals surface area contributed by atoms with E-state index in [2.05, 4.69) is 10.2 Å². The van der Waals surface area contributed by atoms with E-state index in [1.807, 2.05) is 24.3 Å². The van der Waals surface area contributed by atoms with Crippen molar-refractivity contribution in [3.05, 3.63) is 87.0 Å². The lowest BCUT2D eigenvalue weighted by molar-refractivity contribution is -0.393. The minimum atomic E-state index is -0.764. The third-order valence-electron chi connectivity index (χ3n) is 4.50. The van der Waals surface area contributed by atoms with E-state index in [0.717, 1.165) is 29.0 Å². The molecule has 4 aromatic carbocycles. The molecule has 0 amide bonds. The van der Waals surface area contributed by atoms with Gasteiger partial charge in [-0.05, 0) is 16.8 Å². The summed E-state index contributed by atoms with van der Waals surface area (Å²) in [7, 11) is 0. The van der Waals surface area contributed by atoms with Crippen LogP contribution in [0, 0.1) is 20.2 Å². The van der Waals surface area contributed by atoms with Crippen molar-refractivity contribution < 1.29 is 15.0 Å². The number of fused-ring (bicyclic) bond motifs is 3. The number of non-ortho nitro benzene ring substituents is 1. The van der Waals surface area contributed by atoms with Gasteiger partial charge in [0.05, 0.1) is 15.9 Å². The molecule has 0 aliphatic rings. The van der Waals surface area contributed by atoms with Crippen molar-refractivity contribution in [1.82, 2.24) is 0 Å². The van der Waals surface area contributed by atoms with E-state index in [1.165, 1.54) is 0 Å². The predicted molar refractivity (Wildman–Crippen MR) is 107 cm³/mol. The molecule has 1 N–H and O–H groups in total. The Labute approximate surface area is 162 Å². The van der Waals surface area contributed by atoms with Gasteiger partial charge in [-0.25, -0.2) is 0 Å². The first-order valence-electron chi connectivity index (χ1n) is 8.44. The lowest BCUT2D eigenvalue weighted by atomic mass is 9.99. The van der Waals surface area contributed by atoms with Gasteiger partial charge < -0.3 is 5.11 Å². The molecule has 0 saturated heterocycles. The molecule has 0 aliphatic carbocycles. The topological polar surface area (TPSA) is 131 Å². The first kappa shape index (κ1) is 18.0. The van der Waals surface area contributed by atoms with E-state index >= 15 is 0 Å². The second-order valence-electron chi connectivity index (χ2n) is 6.18. The van der Waals surface area contributed by atoms with E-state index in [-0.39, 0.29) is 17.1 Å². The van der Waals surface area contributed by atoms with E-state index in [9.17, 15) is 25.3 Å². The largest absolute Gasteiger partial charge is 0.505 e. The minimum Gasteiger partial charge on any atom is -0.505 e. The Morgan fingerprint density at radius 3 is 1.93 bits per heavy atom. The van der Waals surface area contributed by atoms with Crippen LogP contribution >= 0.6 is 0 Å². The molecular formula is C20H12N4O5. The van der Waals surface area contributed by atoms with E-state index in [4.69, 9.17) is 0 Å². The van der Waals surface area contributed by atoms with E-state index < -0.39 is 21.2 Å². The van der Waals surface area contributed by atoms with Gasteiger partial charge in [0.2, 0.25) is 0 Å². The van der Waals surface area contributed by atoms with Crippen molar-refractivity contribution in [2.24, 2.45) is 10.2 Å². The first-order chi connectivity index (χ1) is 14.0. The molecule has 0 fully saturated rings. The number of azo groups is 1. The Morgan fingerprint density at radius 2 is 1.31 bits per heavy atom. The van der Waals surface area contributed by atoms with Crippen molar-refractivity contribution in [1.29, 1.82) is 0 Å². The van der Waals surface area contributed by atoms with Crippen LogP contribution in [0.1, 0.15) is 0 Å². The highest BCUT2D eigenvalue weighted by molar-refractivity contribution is 6.15. The second kappa shape index (κ2) is 6.97. The molecule has 0 saturated carbocycles. The molecule has 0 bridgehead atoms. The minimum absolute atomic E-state index is 0.104. The van der Waals surface area contributed by atoms with Crippen LogP contribution in [0.25, 0.3) is 21.5 Å². The van der Waals surface area contributed by atoms with Gasteiger partial charge in [0.15, 0.2) is 11.4 Å². The fraction of sp³-hybridized carbons (Fsp3) is 0. The van der Waals surface area contributed by atoms with Crippen molar-refractivity contribution in [3.63, 3.8) is 0 Å². The maximum atomic E-state index is 11.3. The quantitative estimate of drug-likeness (QED) is 0.200. The molecule has 0 aliphatic heterocycles. The van der Waals surface area contributed by atoms with E-state index in [0.29, 0.717) is 10.8 Å². The summed E-state index contributed by atoms with van der Waals surface area (Å²) in [5, 5.41) is 43.8. The van der Waals surface area contributed by atoms with Crippen molar-refractivity contribution in [2.75, 3.05) is 0 Å². The van der Waals surface area contributed by atoms with Crippen LogP contribution in [0.2, 0.25) is 0 Å². The summed E-state index contributed by atoms with van der Waals surface area (Å²) in [4.78, 5) is 20.7. The lowest BCUT2D eigenvalue weighted by Gasteiger charge is -2.09. The monoisotopic (exact) mass is 388 g/mol. The lowest BCUT2D eigenvalue weighted by Crippen LogP contribution is -1.92. The number of nitro groups is 2. The highest BCUT2D eigenvalue weighted by atomic mass is 16.6. The first-order valence-corrected chi connectivity index (χ1v) is 8.44. The van der Waals surface area contributed by atoms with Gasteiger partial charge in [-0.3, -0.25) is 20.2 Å². The van der Waals surface area contributed by atoms with Crippen molar-refractivity contribution in [2.45, 2.75) is 0 Å². The van der Waals surface area contributed by atoms with Gasteiger partial charge in [-0.2, -0.15) is 0 Å². The number of nitro benzene ring substituents is 2. The molecule has 0 unspecified atom stereocenters. The number of nitrogens with zero attached hydrogens (tertiary/aromatic N) is 4. The zero-order chi connectivity index (χ0) is 20.5. The summed E-state index contributed by atoms with van der Waals surface area (Å²) < 4.78 is 0. The normalized spacial score (nSPS) is 11.3. The fourth-order valence-electron chi connectivity index (χ4n) is 3.17. The summed E-state index contributed by atoms with van der Waals surface area (Å²) in [5.41, 5.74) is -0.966. The number of rotatable bonds is 4. The van der Waals surface area contributed by atoms with Gasteiger partial charge in [-0.1, -0.05) is 48.5 Å². The van der Waals surface area contributed by atoms with Gasteiger partial charge in [-0.15, -0.1) is 10.2 Å². The van der Waals surface area contributed by atoms with Crippen LogP contribution in [0.5, 0.6) is 5.75 Å². The zero-order valence-electron chi connectivity index (χ0n) is 14.7. The molecule has 0 aromatic heterocycles. The van der Waals surface area contributed by atoms with Crippen LogP contribution in [0.4, 0.5) is 22.7 Å².